The number of hydrogen-bond donors (Lipinski definition) is 1. The minimum absolute atomic E-state index is 0.760. The first kappa shape index (κ1) is 11.6. The molecule has 1 aromatic rings. The quantitative estimate of drug-likeness (QED) is 0.849. The molecule has 1 aromatic heterocycles. The van der Waals surface area contributed by atoms with Gasteiger partial charge < -0.3 is 5.32 Å². The van der Waals surface area contributed by atoms with Crippen molar-refractivity contribution in [3.05, 3.63) is 34.5 Å². The van der Waals surface area contributed by atoms with Crippen LogP contribution >= 0.6 is 15.9 Å². The largest absolute Gasteiger partial charge is 0.370 e. The number of allylic oxidation sites excluding steroid dienone is 2. The van der Waals surface area contributed by atoms with Crippen molar-refractivity contribution in [2.75, 3.05) is 11.9 Å². The van der Waals surface area contributed by atoms with Gasteiger partial charge in [0.25, 0.3) is 0 Å². The fourth-order valence-corrected chi connectivity index (χ4v) is 2.15. The highest BCUT2D eigenvalue weighted by atomic mass is 79.9. The van der Waals surface area contributed by atoms with Crippen LogP contribution in [-0.2, 0) is 0 Å². The summed E-state index contributed by atoms with van der Waals surface area (Å²) in [5, 5.41) is 3.42. The van der Waals surface area contributed by atoms with Gasteiger partial charge in [0.15, 0.2) is 0 Å². The number of aromatic nitrogens is 1. The van der Waals surface area contributed by atoms with Crippen molar-refractivity contribution in [2.24, 2.45) is 5.92 Å². The fourth-order valence-electron chi connectivity index (χ4n) is 1.93. The molecule has 2 nitrogen and oxygen atoms in total. The Bertz CT molecular complexity index is 388. The molecule has 86 valence electrons. The highest BCUT2D eigenvalue weighted by Crippen LogP contribution is 2.20. The molecule has 1 N–H and O–H groups in total. The maximum absolute atomic E-state index is 4.48. The summed E-state index contributed by atoms with van der Waals surface area (Å²) in [5.74, 6) is 1.74. The van der Waals surface area contributed by atoms with Gasteiger partial charge in [0.2, 0.25) is 0 Å². The first-order chi connectivity index (χ1) is 7.75. The van der Waals surface area contributed by atoms with E-state index in [0.29, 0.717) is 0 Å². The van der Waals surface area contributed by atoms with Crippen molar-refractivity contribution in [2.45, 2.75) is 26.2 Å². The maximum Gasteiger partial charge on any atom is 0.126 e. The standard InChI is InChI=1S/C13H17BrN2/c1-10-12(14)7-8-13(16-10)15-9-11-5-3-2-4-6-11/h2-3,7-8,11H,4-6,9H2,1H3,(H,15,16). The van der Waals surface area contributed by atoms with Crippen molar-refractivity contribution in [3.63, 3.8) is 0 Å². The molecular formula is C13H17BrN2. The second kappa shape index (κ2) is 5.48. The van der Waals surface area contributed by atoms with Gasteiger partial charge in [-0.15, -0.1) is 0 Å². The maximum atomic E-state index is 4.48. The number of pyridine rings is 1. The van der Waals surface area contributed by atoms with E-state index in [2.05, 4.69) is 38.4 Å². The summed E-state index contributed by atoms with van der Waals surface area (Å²) in [6.45, 7) is 3.04. The molecule has 2 rings (SSSR count). The predicted octanol–water partition coefficient (Wildman–Crippen LogP) is 3.92. The number of aryl methyl sites for hydroxylation is 1. The lowest BCUT2D eigenvalue weighted by Gasteiger charge is -2.18. The number of nitrogens with zero attached hydrogens (tertiary/aromatic N) is 1. The molecule has 0 bridgehead atoms. The summed E-state index contributed by atoms with van der Waals surface area (Å²) < 4.78 is 1.07. The van der Waals surface area contributed by atoms with E-state index in [1.54, 1.807) is 0 Å². The topological polar surface area (TPSA) is 24.9 Å². The zero-order valence-electron chi connectivity index (χ0n) is 9.54. The van der Waals surface area contributed by atoms with Crippen LogP contribution in [-0.4, -0.2) is 11.5 Å². The van der Waals surface area contributed by atoms with E-state index in [9.17, 15) is 0 Å². The molecule has 0 aromatic carbocycles. The van der Waals surface area contributed by atoms with Gasteiger partial charge in [0.1, 0.15) is 5.82 Å². The molecule has 0 spiro atoms. The Balaban J connectivity index is 1.89. The average Bonchev–Trinajstić information content (AvgIpc) is 2.32. The molecule has 0 saturated heterocycles. The Morgan fingerprint density at radius 1 is 1.44 bits per heavy atom. The summed E-state index contributed by atoms with van der Waals surface area (Å²) >= 11 is 3.46. The van der Waals surface area contributed by atoms with Crippen LogP contribution in [0.2, 0.25) is 0 Å². The summed E-state index contributed by atoms with van der Waals surface area (Å²) in [5.41, 5.74) is 1.04. The number of halogens is 1. The molecule has 1 heterocycles. The normalized spacial score (nSPS) is 19.8. The SMILES string of the molecule is Cc1nc(NCC2CC=CCC2)ccc1Br. The summed E-state index contributed by atoms with van der Waals surface area (Å²) in [6.07, 6.45) is 8.27. The van der Waals surface area contributed by atoms with Crippen molar-refractivity contribution >= 4 is 21.7 Å². The second-order valence-electron chi connectivity index (χ2n) is 4.30. The van der Waals surface area contributed by atoms with Crippen LogP contribution < -0.4 is 5.32 Å². The van der Waals surface area contributed by atoms with Crippen molar-refractivity contribution < 1.29 is 0 Å². The molecule has 1 aliphatic carbocycles. The van der Waals surface area contributed by atoms with E-state index in [1.807, 2.05) is 19.1 Å². The van der Waals surface area contributed by atoms with Crippen molar-refractivity contribution in [3.8, 4) is 0 Å². The summed E-state index contributed by atoms with van der Waals surface area (Å²) in [7, 11) is 0. The molecular weight excluding hydrogens is 264 g/mol. The lowest BCUT2D eigenvalue weighted by Crippen LogP contribution is -2.16. The van der Waals surface area contributed by atoms with E-state index in [1.165, 1.54) is 19.3 Å². The van der Waals surface area contributed by atoms with Gasteiger partial charge in [0.05, 0.1) is 5.69 Å². The predicted molar refractivity (Wildman–Crippen MR) is 71.6 cm³/mol. The molecule has 3 heteroatoms. The van der Waals surface area contributed by atoms with Crippen LogP contribution in [0.4, 0.5) is 5.82 Å². The Morgan fingerprint density at radius 3 is 3.00 bits per heavy atom. The van der Waals surface area contributed by atoms with Crippen molar-refractivity contribution in [1.29, 1.82) is 0 Å². The van der Waals surface area contributed by atoms with Crippen molar-refractivity contribution in [1.82, 2.24) is 4.98 Å². The fraction of sp³-hybridized carbons (Fsp3) is 0.462. The monoisotopic (exact) mass is 280 g/mol. The van der Waals surface area contributed by atoms with E-state index in [-0.39, 0.29) is 0 Å². The third-order valence-electron chi connectivity index (χ3n) is 2.97. The highest BCUT2D eigenvalue weighted by Gasteiger charge is 2.09. The lowest BCUT2D eigenvalue weighted by molar-refractivity contribution is 0.503. The van der Waals surface area contributed by atoms with E-state index < -0.39 is 0 Å². The van der Waals surface area contributed by atoms with Gasteiger partial charge in [0, 0.05) is 11.0 Å². The third kappa shape index (κ3) is 3.08. The smallest absolute Gasteiger partial charge is 0.126 e. The number of anilines is 1. The molecule has 16 heavy (non-hydrogen) atoms. The van der Waals surface area contributed by atoms with E-state index in [0.717, 1.165) is 28.4 Å². The van der Waals surface area contributed by atoms with Gasteiger partial charge in [-0.1, -0.05) is 12.2 Å². The number of rotatable bonds is 3. The minimum atomic E-state index is 0.760. The van der Waals surface area contributed by atoms with Crippen LogP contribution in [0.1, 0.15) is 25.0 Å². The molecule has 0 aliphatic heterocycles. The van der Waals surface area contributed by atoms with Crippen LogP contribution in [0, 0.1) is 12.8 Å². The van der Waals surface area contributed by atoms with Gasteiger partial charge in [-0.25, -0.2) is 4.98 Å². The van der Waals surface area contributed by atoms with Gasteiger partial charge in [-0.05, 0) is 60.2 Å². The Labute approximate surface area is 105 Å². The Morgan fingerprint density at radius 2 is 2.31 bits per heavy atom. The van der Waals surface area contributed by atoms with Gasteiger partial charge in [-0.2, -0.15) is 0 Å². The van der Waals surface area contributed by atoms with E-state index >= 15 is 0 Å². The molecule has 1 atom stereocenters. The molecule has 0 saturated carbocycles. The molecule has 1 unspecified atom stereocenters. The van der Waals surface area contributed by atoms with Crippen LogP contribution in [0.15, 0.2) is 28.8 Å². The molecule has 0 fully saturated rings. The van der Waals surface area contributed by atoms with Gasteiger partial charge in [-0.3, -0.25) is 0 Å². The van der Waals surface area contributed by atoms with E-state index in [4.69, 9.17) is 0 Å². The summed E-state index contributed by atoms with van der Waals surface area (Å²) in [6, 6.07) is 4.07. The first-order valence-corrected chi connectivity index (χ1v) is 6.57. The zero-order valence-corrected chi connectivity index (χ0v) is 11.1. The van der Waals surface area contributed by atoms with Crippen LogP contribution in [0.5, 0.6) is 0 Å². The third-order valence-corrected chi connectivity index (χ3v) is 3.81. The van der Waals surface area contributed by atoms with Crippen LogP contribution in [0.3, 0.4) is 0 Å². The Hall–Kier alpha value is -0.830. The first-order valence-electron chi connectivity index (χ1n) is 5.78. The number of hydrogen-bond acceptors (Lipinski definition) is 2. The lowest BCUT2D eigenvalue weighted by atomic mass is 9.94. The molecule has 1 aliphatic rings. The highest BCUT2D eigenvalue weighted by molar-refractivity contribution is 9.10. The van der Waals surface area contributed by atoms with Gasteiger partial charge >= 0.3 is 0 Å². The molecule has 0 amide bonds. The summed E-state index contributed by atoms with van der Waals surface area (Å²) in [4.78, 5) is 4.48. The minimum Gasteiger partial charge on any atom is -0.370 e. The zero-order chi connectivity index (χ0) is 11.4. The Kier molecular flexibility index (Phi) is 3.99. The second-order valence-corrected chi connectivity index (χ2v) is 5.15. The van der Waals surface area contributed by atoms with Crippen LogP contribution in [0.25, 0.3) is 0 Å². The average molecular weight is 281 g/mol. The molecule has 0 radical (unpaired) electrons. The number of nitrogens with one attached hydrogen (secondary N) is 1.